The van der Waals surface area contributed by atoms with Gasteiger partial charge in [0.25, 0.3) is 0 Å². The highest BCUT2D eigenvalue weighted by atomic mass is 79.9. The van der Waals surface area contributed by atoms with Crippen molar-refractivity contribution < 1.29 is 0 Å². The Morgan fingerprint density at radius 2 is 1.82 bits per heavy atom. The third kappa shape index (κ3) is 2.48. The zero-order valence-electron chi connectivity index (χ0n) is 9.10. The lowest BCUT2D eigenvalue weighted by Crippen LogP contribution is -1.99. The first-order chi connectivity index (χ1) is 8.22. The number of anilines is 1. The van der Waals surface area contributed by atoms with Crippen molar-refractivity contribution >= 4 is 21.6 Å². The number of hydrogen-bond acceptors (Lipinski definition) is 2. The maximum absolute atomic E-state index is 9.32. The van der Waals surface area contributed by atoms with Crippen LogP contribution in [0.5, 0.6) is 0 Å². The molecule has 0 aliphatic carbocycles. The highest BCUT2D eigenvalue weighted by molar-refractivity contribution is 9.10. The number of rotatable bonds is 2. The summed E-state index contributed by atoms with van der Waals surface area (Å²) in [5.74, 6) is -0.272. The zero-order chi connectivity index (χ0) is 12.3. The van der Waals surface area contributed by atoms with Crippen molar-refractivity contribution in [3.05, 3.63) is 64.1 Å². The second kappa shape index (κ2) is 5.03. The van der Waals surface area contributed by atoms with E-state index in [1.807, 2.05) is 48.5 Å². The summed E-state index contributed by atoms with van der Waals surface area (Å²) in [5, 5.41) is 9.32. The minimum absolute atomic E-state index is 0.272. The summed E-state index contributed by atoms with van der Waals surface area (Å²) < 4.78 is 0.868. The number of nitrogens with two attached hydrogens (primary N) is 1. The van der Waals surface area contributed by atoms with Crippen LogP contribution < -0.4 is 5.73 Å². The molecule has 0 saturated carbocycles. The Balaban J connectivity index is 2.47. The first kappa shape index (κ1) is 11.7. The molecule has 2 aromatic rings. The molecule has 17 heavy (non-hydrogen) atoms. The smallest absolute Gasteiger partial charge is 0.0973 e. The molecular weight excluding hydrogens is 276 g/mol. The van der Waals surface area contributed by atoms with E-state index >= 15 is 0 Å². The van der Waals surface area contributed by atoms with Gasteiger partial charge in [-0.05, 0) is 23.3 Å². The van der Waals surface area contributed by atoms with Crippen LogP contribution in [0, 0.1) is 11.3 Å². The molecule has 1 unspecified atom stereocenters. The lowest BCUT2D eigenvalue weighted by Gasteiger charge is -2.12. The van der Waals surface area contributed by atoms with Gasteiger partial charge in [0.15, 0.2) is 0 Å². The van der Waals surface area contributed by atoms with Crippen molar-refractivity contribution in [1.82, 2.24) is 0 Å². The molecule has 0 fully saturated rings. The van der Waals surface area contributed by atoms with Crippen molar-refractivity contribution in [2.24, 2.45) is 0 Å². The number of halogens is 1. The number of nitrogen functional groups attached to an aromatic ring is 1. The van der Waals surface area contributed by atoms with Gasteiger partial charge in [-0.15, -0.1) is 0 Å². The average Bonchev–Trinajstić information content (AvgIpc) is 2.34. The molecular formula is C14H11BrN2. The zero-order valence-corrected chi connectivity index (χ0v) is 10.7. The van der Waals surface area contributed by atoms with Crippen LogP contribution in [0.4, 0.5) is 5.69 Å². The molecule has 84 valence electrons. The van der Waals surface area contributed by atoms with E-state index in [0.717, 1.165) is 15.6 Å². The predicted octanol–water partition coefficient (Wildman–Crippen LogP) is 3.69. The highest BCUT2D eigenvalue weighted by Gasteiger charge is 2.15. The van der Waals surface area contributed by atoms with Crippen molar-refractivity contribution in [3.63, 3.8) is 0 Å². The third-order valence-corrected chi connectivity index (χ3v) is 3.28. The second-order valence-corrected chi connectivity index (χ2v) is 4.61. The molecule has 0 aliphatic rings. The Morgan fingerprint density at radius 1 is 1.12 bits per heavy atom. The Morgan fingerprint density at radius 3 is 2.41 bits per heavy atom. The van der Waals surface area contributed by atoms with E-state index in [1.54, 1.807) is 0 Å². The number of nitrogens with zero attached hydrogens (tertiary/aromatic N) is 1. The van der Waals surface area contributed by atoms with Crippen molar-refractivity contribution in [2.45, 2.75) is 5.92 Å². The van der Waals surface area contributed by atoms with Gasteiger partial charge >= 0.3 is 0 Å². The number of benzene rings is 2. The van der Waals surface area contributed by atoms with E-state index in [0.29, 0.717) is 5.69 Å². The molecule has 0 heterocycles. The molecule has 2 aromatic carbocycles. The first-order valence-corrected chi connectivity index (χ1v) is 6.01. The molecule has 2 nitrogen and oxygen atoms in total. The maximum Gasteiger partial charge on any atom is 0.0973 e. The van der Waals surface area contributed by atoms with Gasteiger partial charge in [-0.3, -0.25) is 0 Å². The van der Waals surface area contributed by atoms with Crippen LogP contribution in [-0.2, 0) is 0 Å². The monoisotopic (exact) mass is 286 g/mol. The quantitative estimate of drug-likeness (QED) is 0.856. The molecule has 0 aliphatic heterocycles. The molecule has 0 amide bonds. The molecule has 2 N–H and O–H groups in total. The standard InChI is InChI=1S/C14H11BrN2/c15-14-8-11(17)6-7-12(14)13(9-16)10-4-2-1-3-5-10/h1-8,13H,17H2. The molecule has 3 heteroatoms. The summed E-state index contributed by atoms with van der Waals surface area (Å²) in [4.78, 5) is 0. The van der Waals surface area contributed by atoms with Crippen LogP contribution in [0.2, 0.25) is 0 Å². The van der Waals surface area contributed by atoms with Crippen molar-refractivity contribution in [1.29, 1.82) is 5.26 Å². The highest BCUT2D eigenvalue weighted by Crippen LogP contribution is 2.31. The van der Waals surface area contributed by atoms with E-state index in [9.17, 15) is 5.26 Å². The lowest BCUT2D eigenvalue weighted by atomic mass is 9.92. The summed E-state index contributed by atoms with van der Waals surface area (Å²) in [6.07, 6.45) is 0. The average molecular weight is 287 g/mol. The molecule has 0 spiro atoms. The number of nitriles is 1. The van der Waals surface area contributed by atoms with E-state index in [1.165, 1.54) is 0 Å². The minimum Gasteiger partial charge on any atom is -0.399 e. The molecule has 1 atom stereocenters. The second-order valence-electron chi connectivity index (χ2n) is 3.75. The van der Waals surface area contributed by atoms with E-state index in [-0.39, 0.29) is 5.92 Å². The Kier molecular flexibility index (Phi) is 3.46. The Bertz CT molecular complexity index is 558. The summed E-state index contributed by atoms with van der Waals surface area (Å²) in [5.41, 5.74) is 8.30. The summed E-state index contributed by atoms with van der Waals surface area (Å²) in [6.45, 7) is 0. The van der Waals surface area contributed by atoms with Gasteiger partial charge < -0.3 is 5.73 Å². The fourth-order valence-corrected chi connectivity index (χ4v) is 2.37. The van der Waals surface area contributed by atoms with Crippen LogP contribution in [0.3, 0.4) is 0 Å². The summed E-state index contributed by atoms with van der Waals surface area (Å²) >= 11 is 3.45. The minimum atomic E-state index is -0.272. The van der Waals surface area contributed by atoms with Gasteiger partial charge in [0, 0.05) is 10.2 Å². The number of hydrogen-bond donors (Lipinski definition) is 1. The van der Waals surface area contributed by atoms with E-state index in [4.69, 9.17) is 5.73 Å². The molecule has 0 radical (unpaired) electrons. The van der Waals surface area contributed by atoms with Crippen LogP contribution in [-0.4, -0.2) is 0 Å². The van der Waals surface area contributed by atoms with Gasteiger partial charge in [-0.2, -0.15) is 5.26 Å². The molecule has 0 saturated heterocycles. The van der Waals surface area contributed by atoms with Crippen LogP contribution >= 0.6 is 15.9 Å². The van der Waals surface area contributed by atoms with Crippen LogP contribution in [0.25, 0.3) is 0 Å². The molecule has 0 bridgehead atoms. The topological polar surface area (TPSA) is 49.8 Å². The summed E-state index contributed by atoms with van der Waals surface area (Å²) in [6, 6.07) is 17.6. The lowest BCUT2D eigenvalue weighted by molar-refractivity contribution is 1.03. The van der Waals surface area contributed by atoms with Crippen molar-refractivity contribution in [2.75, 3.05) is 5.73 Å². The fourth-order valence-electron chi connectivity index (χ4n) is 1.75. The Hall–Kier alpha value is -1.79. The maximum atomic E-state index is 9.32. The third-order valence-electron chi connectivity index (χ3n) is 2.60. The Labute approximate surface area is 109 Å². The van der Waals surface area contributed by atoms with Gasteiger partial charge in [0.05, 0.1) is 12.0 Å². The normalized spacial score (nSPS) is 11.8. The van der Waals surface area contributed by atoms with Gasteiger partial charge in [-0.1, -0.05) is 52.3 Å². The van der Waals surface area contributed by atoms with Crippen LogP contribution in [0.1, 0.15) is 17.0 Å². The van der Waals surface area contributed by atoms with Crippen LogP contribution in [0.15, 0.2) is 53.0 Å². The fraction of sp³-hybridized carbons (Fsp3) is 0.0714. The van der Waals surface area contributed by atoms with Gasteiger partial charge in [-0.25, -0.2) is 0 Å². The molecule has 2 rings (SSSR count). The van der Waals surface area contributed by atoms with E-state index in [2.05, 4.69) is 22.0 Å². The largest absolute Gasteiger partial charge is 0.399 e. The SMILES string of the molecule is N#CC(c1ccccc1)c1ccc(N)cc1Br. The molecule has 0 aromatic heterocycles. The summed E-state index contributed by atoms with van der Waals surface area (Å²) in [7, 11) is 0. The van der Waals surface area contributed by atoms with Crippen molar-refractivity contribution in [3.8, 4) is 6.07 Å². The predicted molar refractivity (Wildman–Crippen MR) is 72.5 cm³/mol. The first-order valence-electron chi connectivity index (χ1n) is 5.22. The van der Waals surface area contributed by atoms with E-state index < -0.39 is 0 Å². The van der Waals surface area contributed by atoms with Gasteiger partial charge in [0.1, 0.15) is 0 Å². The van der Waals surface area contributed by atoms with Gasteiger partial charge in [0.2, 0.25) is 0 Å².